The lowest BCUT2D eigenvalue weighted by Crippen LogP contribution is -1.98. The Kier molecular flexibility index (Phi) is 4.67. The van der Waals surface area contributed by atoms with Crippen molar-refractivity contribution in [1.29, 1.82) is 0 Å². The number of ether oxygens (including phenoxy) is 3. The monoisotopic (exact) mass is 377 g/mol. The number of hydrogen-bond acceptors (Lipinski definition) is 7. The quantitative estimate of drug-likeness (QED) is 0.550. The zero-order chi connectivity index (χ0) is 19.5. The lowest BCUT2D eigenvalue weighted by Gasteiger charge is -2.10. The summed E-state index contributed by atoms with van der Waals surface area (Å²) in [4.78, 5) is 8.90. The summed E-state index contributed by atoms with van der Waals surface area (Å²) in [6, 6.07) is 11.2. The van der Waals surface area contributed by atoms with E-state index in [0.717, 1.165) is 22.6 Å². The van der Waals surface area contributed by atoms with Gasteiger partial charge < -0.3 is 19.5 Å². The highest BCUT2D eigenvalue weighted by Crippen LogP contribution is 2.35. The first-order valence-corrected chi connectivity index (χ1v) is 8.55. The van der Waals surface area contributed by atoms with E-state index in [2.05, 4.69) is 15.4 Å². The fraction of sp³-hybridized carbons (Fsp3) is 0.150. The average molecular weight is 377 g/mol. The second kappa shape index (κ2) is 7.43. The fourth-order valence-electron chi connectivity index (χ4n) is 2.87. The summed E-state index contributed by atoms with van der Waals surface area (Å²) in [6.07, 6.45) is 5.31. The Hall–Kier alpha value is -3.81. The predicted octanol–water partition coefficient (Wildman–Crippen LogP) is 3.56. The van der Waals surface area contributed by atoms with E-state index in [1.807, 2.05) is 36.5 Å². The first kappa shape index (κ1) is 17.6. The molecule has 0 saturated carbocycles. The van der Waals surface area contributed by atoms with Crippen LogP contribution in [0.1, 0.15) is 0 Å². The summed E-state index contributed by atoms with van der Waals surface area (Å²) in [5.41, 5.74) is 3.25. The lowest BCUT2D eigenvalue weighted by molar-refractivity contribution is 0.395. The van der Waals surface area contributed by atoms with Gasteiger partial charge in [-0.15, -0.1) is 0 Å². The van der Waals surface area contributed by atoms with Gasteiger partial charge in [-0.1, -0.05) is 0 Å². The third-order valence-corrected chi connectivity index (χ3v) is 4.29. The average Bonchev–Trinajstić information content (AvgIpc) is 3.16. The van der Waals surface area contributed by atoms with Gasteiger partial charge in [-0.25, -0.2) is 14.5 Å². The van der Waals surface area contributed by atoms with E-state index in [4.69, 9.17) is 19.2 Å². The molecule has 4 aromatic rings. The molecular weight excluding hydrogens is 358 g/mol. The zero-order valence-electron chi connectivity index (χ0n) is 15.7. The van der Waals surface area contributed by atoms with Crippen molar-refractivity contribution in [2.75, 3.05) is 26.6 Å². The molecule has 0 aliphatic carbocycles. The van der Waals surface area contributed by atoms with Crippen LogP contribution in [0.3, 0.4) is 0 Å². The second-order valence-electron chi connectivity index (χ2n) is 5.92. The molecule has 0 fully saturated rings. The van der Waals surface area contributed by atoms with Gasteiger partial charge in [-0.05, 0) is 24.3 Å². The van der Waals surface area contributed by atoms with Crippen LogP contribution in [-0.4, -0.2) is 40.9 Å². The van der Waals surface area contributed by atoms with E-state index in [0.29, 0.717) is 23.1 Å². The third kappa shape index (κ3) is 3.27. The van der Waals surface area contributed by atoms with Gasteiger partial charge in [0.1, 0.15) is 17.3 Å². The Morgan fingerprint density at radius 2 is 1.79 bits per heavy atom. The van der Waals surface area contributed by atoms with Crippen molar-refractivity contribution in [1.82, 2.24) is 19.6 Å². The van der Waals surface area contributed by atoms with E-state index in [1.165, 1.54) is 0 Å². The zero-order valence-corrected chi connectivity index (χ0v) is 15.7. The molecule has 3 heterocycles. The smallest absolute Gasteiger partial charge is 0.213 e. The first-order chi connectivity index (χ1) is 13.7. The fourth-order valence-corrected chi connectivity index (χ4v) is 2.87. The van der Waals surface area contributed by atoms with Crippen molar-refractivity contribution < 1.29 is 14.2 Å². The third-order valence-electron chi connectivity index (χ3n) is 4.29. The van der Waals surface area contributed by atoms with Crippen LogP contribution in [0.15, 0.2) is 55.0 Å². The Labute approximate surface area is 161 Å². The summed E-state index contributed by atoms with van der Waals surface area (Å²) in [7, 11) is 4.83. The van der Waals surface area contributed by atoms with E-state index < -0.39 is 0 Å². The Morgan fingerprint density at radius 1 is 0.893 bits per heavy atom. The maximum atomic E-state index is 5.53. The number of methoxy groups -OCH3 is 3. The molecule has 4 rings (SSSR count). The van der Waals surface area contributed by atoms with Crippen LogP contribution in [0, 0.1) is 0 Å². The van der Waals surface area contributed by atoms with Crippen molar-refractivity contribution in [3.05, 3.63) is 55.0 Å². The van der Waals surface area contributed by atoms with Gasteiger partial charge in [-0.3, -0.25) is 0 Å². The van der Waals surface area contributed by atoms with Crippen molar-refractivity contribution in [2.45, 2.75) is 0 Å². The molecule has 28 heavy (non-hydrogen) atoms. The van der Waals surface area contributed by atoms with E-state index in [1.54, 1.807) is 44.3 Å². The maximum absolute atomic E-state index is 5.53. The minimum atomic E-state index is 0.554. The van der Waals surface area contributed by atoms with Crippen molar-refractivity contribution >= 4 is 17.2 Å². The molecule has 0 spiro atoms. The summed E-state index contributed by atoms with van der Waals surface area (Å²) in [5, 5.41) is 7.64. The first-order valence-electron chi connectivity index (χ1n) is 8.55. The van der Waals surface area contributed by atoms with Crippen LogP contribution in [0.5, 0.6) is 17.4 Å². The highest BCUT2D eigenvalue weighted by Gasteiger charge is 2.14. The summed E-state index contributed by atoms with van der Waals surface area (Å²) in [5.74, 6) is 2.64. The Morgan fingerprint density at radius 3 is 2.50 bits per heavy atom. The predicted molar refractivity (Wildman–Crippen MR) is 106 cm³/mol. The van der Waals surface area contributed by atoms with Gasteiger partial charge in [0.05, 0.1) is 45.0 Å². The highest BCUT2D eigenvalue weighted by atomic mass is 16.5. The molecule has 1 aromatic carbocycles. The van der Waals surface area contributed by atoms with E-state index >= 15 is 0 Å². The highest BCUT2D eigenvalue weighted by molar-refractivity contribution is 5.82. The van der Waals surface area contributed by atoms with Gasteiger partial charge in [0, 0.05) is 23.9 Å². The number of benzene rings is 1. The summed E-state index contributed by atoms with van der Waals surface area (Å²) in [6.45, 7) is 0. The number of nitrogens with zero attached hydrogens (tertiary/aromatic N) is 4. The molecule has 0 radical (unpaired) electrons. The maximum Gasteiger partial charge on any atom is 0.213 e. The van der Waals surface area contributed by atoms with Crippen molar-refractivity contribution in [2.24, 2.45) is 0 Å². The molecule has 0 saturated heterocycles. The molecule has 8 nitrogen and oxygen atoms in total. The molecule has 0 atom stereocenters. The molecule has 0 bridgehead atoms. The van der Waals surface area contributed by atoms with Gasteiger partial charge in [0.25, 0.3) is 0 Å². The molecule has 1 N–H and O–H groups in total. The van der Waals surface area contributed by atoms with Crippen molar-refractivity contribution in [3.8, 4) is 28.5 Å². The number of pyridine rings is 1. The normalized spacial score (nSPS) is 10.7. The van der Waals surface area contributed by atoms with E-state index in [-0.39, 0.29) is 0 Å². The molecule has 3 aromatic heterocycles. The number of hydrogen-bond donors (Lipinski definition) is 1. The number of anilines is 2. The number of nitrogens with one attached hydrogen (secondary N) is 1. The summed E-state index contributed by atoms with van der Waals surface area (Å²) >= 11 is 0. The minimum Gasteiger partial charge on any atom is -0.497 e. The van der Waals surface area contributed by atoms with Crippen molar-refractivity contribution in [3.63, 3.8) is 0 Å². The summed E-state index contributed by atoms with van der Waals surface area (Å²) < 4.78 is 17.6. The van der Waals surface area contributed by atoms with Crippen LogP contribution in [-0.2, 0) is 0 Å². The van der Waals surface area contributed by atoms with Gasteiger partial charge in [-0.2, -0.15) is 5.10 Å². The molecule has 0 unspecified atom stereocenters. The van der Waals surface area contributed by atoms with Gasteiger partial charge in [0.15, 0.2) is 5.65 Å². The Bertz CT molecular complexity index is 1110. The van der Waals surface area contributed by atoms with Crippen LogP contribution in [0.25, 0.3) is 16.8 Å². The van der Waals surface area contributed by atoms with Gasteiger partial charge in [0.2, 0.25) is 5.88 Å². The lowest BCUT2D eigenvalue weighted by atomic mass is 10.1. The topological polar surface area (TPSA) is 82.8 Å². The number of rotatable bonds is 6. The molecule has 8 heteroatoms. The van der Waals surface area contributed by atoms with E-state index in [9.17, 15) is 0 Å². The number of fused-ring (bicyclic) bond motifs is 1. The largest absolute Gasteiger partial charge is 0.497 e. The number of aromatic nitrogens is 4. The molecule has 0 aliphatic heterocycles. The molecule has 142 valence electrons. The standard InChI is InChI=1S/C20H19N5O3/c1-26-14-5-6-15(17(10-14)27-2)16-12-22-25-9-8-18(24-20(16)25)23-13-4-7-19(28-3)21-11-13/h4-12H,1-3H3,(H,23,24). The SMILES string of the molecule is COc1ccc(-c2cnn3ccc(Nc4ccc(OC)nc4)nc23)c(OC)c1. The van der Waals surface area contributed by atoms with Gasteiger partial charge >= 0.3 is 0 Å². The second-order valence-corrected chi connectivity index (χ2v) is 5.92. The molecular formula is C20H19N5O3. The van der Waals surface area contributed by atoms with Crippen LogP contribution in [0.2, 0.25) is 0 Å². The van der Waals surface area contributed by atoms with Crippen LogP contribution in [0.4, 0.5) is 11.5 Å². The molecule has 0 aliphatic rings. The minimum absolute atomic E-state index is 0.554. The van der Waals surface area contributed by atoms with Crippen LogP contribution >= 0.6 is 0 Å². The van der Waals surface area contributed by atoms with Crippen LogP contribution < -0.4 is 19.5 Å². The Balaban J connectivity index is 1.72. The molecule has 0 amide bonds.